The van der Waals surface area contributed by atoms with Gasteiger partial charge in [-0.2, -0.15) is 5.26 Å². The molecular formula is C39H26N2. The molecule has 0 aromatic heterocycles. The second-order valence-corrected chi connectivity index (χ2v) is 10.0. The third-order valence-electron chi connectivity index (χ3n) is 7.48. The molecule has 0 aliphatic rings. The van der Waals surface area contributed by atoms with Crippen molar-refractivity contribution in [3.63, 3.8) is 0 Å². The number of benzene rings is 7. The van der Waals surface area contributed by atoms with Crippen LogP contribution in [0.25, 0.3) is 44.4 Å². The second kappa shape index (κ2) is 10.5. The van der Waals surface area contributed by atoms with Gasteiger partial charge in [0.1, 0.15) is 0 Å². The first-order valence-electron chi connectivity index (χ1n) is 14.6. The van der Waals surface area contributed by atoms with Gasteiger partial charge in [0.05, 0.1) is 14.4 Å². The Balaban J connectivity index is 1.32. The Hall–Kier alpha value is -5.65. The quantitative estimate of drug-likeness (QED) is 0.165. The summed E-state index contributed by atoms with van der Waals surface area (Å²) in [6.45, 7) is 0. The number of fused-ring (bicyclic) bond motifs is 4. The third-order valence-corrected chi connectivity index (χ3v) is 7.48. The number of hydrogen-bond donors (Lipinski definition) is 0. The largest absolute Gasteiger partial charge is 0.310 e. The van der Waals surface area contributed by atoms with E-state index in [9.17, 15) is 5.26 Å². The summed E-state index contributed by atoms with van der Waals surface area (Å²) in [6.07, 6.45) is 0. The molecule has 0 saturated heterocycles. The Bertz CT molecular complexity index is 2210. The summed E-state index contributed by atoms with van der Waals surface area (Å²) in [5, 5.41) is 15.9. The molecule has 2 heteroatoms. The molecule has 0 amide bonds. The summed E-state index contributed by atoms with van der Waals surface area (Å²) >= 11 is 0. The maximum Gasteiger partial charge on any atom is 0.0991 e. The summed E-state index contributed by atoms with van der Waals surface area (Å²) < 4.78 is 18.1. The van der Waals surface area contributed by atoms with Crippen LogP contribution in [-0.2, 0) is 0 Å². The van der Waals surface area contributed by atoms with Gasteiger partial charge < -0.3 is 4.90 Å². The molecule has 7 rings (SSSR count). The second-order valence-electron chi connectivity index (χ2n) is 10.0. The van der Waals surface area contributed by atoms with Crippen LogP contribution >= 0.6 is 0 Å². The van der Waals surface area contributed by atoms with E-state index < -0.39 is 0 Å². The van der Waals surface area contributed by atoms with Crippen molar-refractivity contribution >= 4 is 61.5 Å². The van der Waals surface area contributed by atoms with Gasteiger partial charge in [-0.05, 0) is 98.0 Å². The van der Waals surface area contributed by atoms with E-state index in [2.05, 4.69) is 59.5 Å². The highest BCUT2D eigenvalue weighted by Crippen LogP contribution is 2.36. The first-order chi connectivity index (χ1) is 21.1. The van der Waals surface area contributed by atoms with E-state index in [1.165, 1.54) is 0 Å². The molecule has 0 saturated carbocycles. The van der Waals surface area contributed by atoms with Crippen molar-refractivity contribution in [2.24, 2.45) is 0 Å². The van der Waals surface area contributed by atoms with Crippen LogP contribution in [0.3, 0.4) is 0 Å². The van der Waals surface area contributed by atoms with Gasteiger partial charge in [-0.3, -0.25) is 0 Å². The van der Waals surface area contributed by atoms with Crippen LogP contribution in [0.4, 0.5) is 17.1 Å². The predicted octanol–water partition coefficient (Wildman–Crippen LogP) is 10.7. The van der Waals surface area contributed by atoms with Gasteiger partial charge in [-0.1, -0.05) is 103 Å². The monoisotopic (exact) mass is 524 g/mol. The van der Waals surface area contributed by atoms with Crippen LogP contribution < -0.4 is 4.90 Å². The number of anilines is 3. The highest BCUT2D eigenvalue weighted by molar-refractivity contribution is 6.11. The molecule has 0 bridgehead atoms. The smallest absolute Gasteiger partial charge is 0.0991 e. The number of nitriles is 1. The Morgan fingerprint density at radius 3 is 1.83 bits per heavy atom. The van der Waals surface area contributed by atoms with Gasteiger partial charge in [0.2, 0.25) is 0 Å². The molecule has 0 unspecified atom stereocenters. The third kappa shape index (κ3) is 4.71. The highest BCUT2D eigenvalue weighted by atomic mass is 15.1. The summed E-state index contributed by atoms with van der Waals surface area (Å²) in [5.41, 5.74) is 4.85. The van der Waals surface area contributed by atoms with Crippen LogP contribution in [0.5, 0.6) is 0 Å². The van der Waals surface area contributed by atoms with Crippen molar-refractivity contribution in [2.75, 3.05) is 4.90 Å². The molecule has 0 radical (unpaired) electrons. The molecule has 7 aromatic rings. The summed E-state index contributed by atoms with van der Waals surface area (Å²) in [6, 6.07) is 50.8. The number of rotatable bonds is 5. The van der Waals surface area contributed by atoms with Crippen molar-refractivity contribution in [1.29, 1.82) is 5.26 Å². The van der Waals surface area contributed by atoms with Crippen molar-refractivity contribution < 1.29 is 2.74 Å². The molecule has 0 atom stereocenters. The Labute approximate surface area is 242 Å². The Kier molecular flexibility index (Phi) is 5.68. The minimum atomic E-state index is 0.169. The predicted molar refractivity (Wildman–Crippen MR) is 174 cm³/mol. The molecule has 0 spiro atoms. The van der Waals surface area contributed by atoms with E-state index in [0.29, 0.717) is 11.1 Å². The molecule has 0 fully saturated rings. The SMILES string of the molecule is [2H]/C(=C(/[2H])c1cc2ccccc2c2ccccc12)c1ccc(N(c2ccc(C#N)cc2)c2ccc3ccccc3c2)cc1. The normalized spacial score (nSPS) is 12.5. The molecule has 0 aliphatic carbocycles. The first kappa shape index (κ1) is 22.2. The van der Waals surface area contributed by atoms with Gasteiger partial charge >= 0.3 is 0 Å². The Morgan fingerprint density at radius 1 is 0.512 bits per heavy atom. The standard InChI is InChI=1S/C39H26N2/c40-27-29-16-22-35(23-17-29)41(36-24-19-30-7-1-2-8-31(30)26-36)34-20-14-28(15-21-34)13-18-33-25-32-9-3-4-10-37(32)39-12-6-5-11-38(33)39/h1-26H/b18-13+/i13D,18D. The summed E-state index contributed by atoms with van der Waals surface area (Å²) in [5.74, 6) is 0. The molecule has 0 N–H and O–H groups in total. The molecule has 0 heterocycles. The fourth-order valence-corrected chi connectivity index (χ4v) is 5.44. The fourth-order valence-electron chi connectivity index (χ4n) is 5.44. The van der Waals surface area contributed by atoms with E-state index in [0.717, 1.165) is 54.9 Å². The first-order valence-corrected chi connectivity index (χ1v) is 13.6. The van der Waals surface area contributed by atoms with Gasteiger partial charge in [0.25, 0.3) is 0 Å². The van der Waals surface area contributed by atoms with E-state index >= 15 is 0 Å². The Morgan fingerprint density at radius 2 is 1.10 bits per heavy atom. The fraction of sp³-hybridized carbons (Fsp3) is 0. The zero-order valence-electron chi connectivity index (χ0n) is 24.3. The lowest BCUT2D eigenvalue weighted by molar-refractivity contribution is 1.28. The van der Waals surface area contributed by atoms with Crippen LogP contribution in [0.1, 0.15) is 19.4 Å². The van der Waals surface area contributed by atoms with Crippen LogP contribution in [0, 0.1) is 11.3 Å². The lowest BCUT2D eigenvalue weighted by Gasteiger charge is -2.26. The van der Waals surface area contributed by atoms with Crippen LogP contribution in [0.2, 0.25) is 0 Å². The molecule has 0 aliphatic heterocycles. The summed E-state index contributed by atoms with van der Waals surface area (Å²) in [7, 11) is 0. The summed E-state index contributed by atoms with van der Waals surface area (Å²) in [4.78, 5) is 2.14. The molecule has 7 aromatic carbocycles. The zero-order valence-corrected chi connectivity index (χ0v) is 22.3. The van der Waals surface area contributed by atoms with Gasteiger partial charge in [0.15, 0.2) is 0 Å². The van der Waals surface area contributed by atoms with E-state index in [1.807, 2.05) is 97.1 Å². The average molecular weight is 525 g/mol. The number of hydrogen-bond acceptors (Lipinski definition) is 2. The van der Waals surface area contributed by atoms with Gasteiger partial charge in [0, 0.05) is 17.1 Å². The van der Waals surface area contributed by atoms with Gasteiger partial charge in [-0.25, -0.2) is 0 Å². The van der Waals surface area contributed by atoms with E-state index in [4.69, 9.17) is 2.74 Å². The van der Waals surface area contributed by atoms with E-state index in [-0.39, 0.29) is 12.1 Å². The van der Waals surface area contributed by atoms with Crippen molar-refractivity contribution in [3.05, 3.63) is 162 Å². The lowest BCUT2D eigenvalue weighted by atomic mass is 9.96. The molecule has 2 nitrogen and oxygen atoms in total. The van der Waals surface area contributed by atoms with Crippen molar-refractivity contribution in [2.45, 2.75) is 0 Å². The zero-order chi connectivity index (χ0) is 29.3. The minimum Gasteiger partial charge on any atom is -0.310 e. The lowest BCUT2D eigenvalue weighted by Crippen LogP contribution is -2.09. The van der Waals surface area contributed by atoms with Gasteiger partial charge in [-0.15, -0.1) is 0 Å². The van der Waals surface area contributed by atoms with Crippen molar-refractivity contribution in [1.82, 2.24) is 0 Å². The average Bonchev–Trinajstić information content (AvgIpc) is 3.08. The molecular weight excluding hydrogens is 496 g/mol. The number of nitrogens with zero attached hydrogens (tertiary/aromatic N) is 2. The minimum absolute atomic E-state index is 0.169. The maximum atomic E-state index is 9.34. The highest BCUT2D eigenvalue weighted by Gasteiger charge is 2.13. The van der Waals surface area contributed by atoms with Crippen LogP contribution in [0.15, 0.2) is 146 Å². The topological polar surface area (TPSA) is 27.0 Å². The molecule has 192 valence electrons. The molecule has 41 heavy (non-hydrogen) atoms. The van der Waals surface area contributed by atoms with Crippen LogP contribution in [-0.4, -0.2) is 0 Å². The maximum absolute atomic E-state index is 9.34. The van der Waals surface area contributed by atoms with Crippen molar-refractivity contribution in [3.8, 4) is 6.07 Å². The van der Waals surface area contributed by atoms with E-state index in [1.54, 1.807) is 0 Å².